The summed E-state index contributed by atoms with van der Waals surface area (Å²) in [6.07, 6.45) is 3.50. The van der Waals surface area contributed by atoms with Crippen LogP contribution in [0.1, 0.15) is 38.9 Å². The van der Waals surface area contributed by atoms with E-state index >= 15 is 0 Å². The summed E-state index contributed by atoms with van der Waals surface area (Å²) in [5.74, 6) is 2.76. The molecule has 4 heteroatoms. The Bertz CT molecular complexity index is 338. The molecule has 1 N–H and O–H groups in total. The maximum Gasteiger partial charge on any atom is 0.134 e. The van der Waals surface area contributed by atoms with Crippen LogP contribution in [-0.2, 0) is 0 Å². The quantitative estimate of drug-likeness (QED) is 0.790. The Morgan fingerprint density at radius 3 is 2.65 bits per heavy atom. The molecule has 1 heterocycles. The molecular weight excluding hydrogens is 212 g/mol. The molecule has 0 aliphatic carbocycles. The maximum atomic E-state index is 4.47. The van der Waals surface area contributed by atoms with Gasteiger partial charge in [0.15, 0.2) is 0 Å². The standard InChI is InChI=1S/C13H24N4/c1-5-7-9-17(4)13-10-12(14-8-6-2)15-11(3)16-13/h10H,5-9H2,1-4H3,(H,14,15,16). The first-order valence-corrected chi connectivity index (χ1v) is 6.48. The zero-order chi connectivity index (χ0) is 12.7. The molecule has 0 saturated carbocycles. The Balaban J connectivity index is 2.73. The smallest absolute Gasteiger partial charge is 0.134 e. The van der Waals surface area contributed by atoms with Crippen molar-refractivity contribution in [3.8, 4) is 0 Å². The molecule has 0 aromatic carbocycles. The van der Waals surface area contributed by atoms with Crippen molar-refractivity contribution in [1.29, 1.82) is 0 Å². The fraction of sp³-hybridized carbons (Fsp3) is 0.692. The molecule has 0 aliphatic rings. The summed E-state index contributed by atoms with van der Waals surface area (Å²) in [4.78, 5) is 11.0. The number of hydrogen-bond acceptors (Lipinski definition) is 4. The monoisotopic (exact) mass is 236 g/mol. The Morgan fingerprint density at radius 2 is 2.00 bits per heavy atom. The van der Waals surface area contributed by atoms with Crippen molar-refractivity contribution in [3.05, 3.63) is 11.9 Å². The van der Waals surface area contributed by atoms with E-state index in [1.54, 1.807) is 0 Å². The van der Waals surface area contributed by atoms with Gasteiger partial charge in [0.1, 0.15) is 17.5 Å². The van der Waals surface area contributed by atoms with Crippen LogP contribution < -0.4 is 10.2 Å². The van der Waals surface area contributed by atoms with Gasteiger partial charge in [-0.1, -0.05) is 20.3 Å². The fourth-order valence-corrected chi connectivity index (χ4v) is 1.60. The van der Waals surface area contributed by atoms with Crippen molar-refractivity contribution < 1.29 is 0 Å². The van der Waals surface area contributed by atoms with Crippen LogP contribution in [0.15, 0.2) is 6.07 Å². The summed E-state index contributed by atoms with van der Waals surface area (Å²) in [6, 6.07) is 2.03. The number of nitrogens with zero attached hydrogens (tertiary/aromatic N) is 3. The third-order valence-corrected chi connectivity index (χ3v) is 2.62. The number of rotatable bonds is 7. The molecule has 0 spiro atoms. The normalized spacial score (nSPS) is 10.4. The highest BCUT2D eigenvalue weighted by molar-refractivity contribution is 5.48. The van der Waals surface area contributed by atoms with Crippen LogP contribution >= 0.6 is 0 Å². The largest absolute Gasteiger partial charge is 0.370 e. The highest BCUT2D eigenvalue weighted by Crippen LogP contribution is 2.15. The molecule has 1 aromatic heterocycles. The maximum absolute atomic E-state index is 4.47. The van der Waals surface area contributed by atoms with E-state index in [-0.39, 0.29) is 0 Å². The second-order valence-corrected chi connectivity index (χ2v) is 4.36. The van der Waals surface area contributed by atoms with Crippen LogP contribution in [0.2, 0.25) is 0 Å². The van der Waals surface area contributed by atoms with E-state index in [1.165, 1.54) is 12.8 Å². The minimum Gasteiger partial charge on any atom is -0.370 e. The molecule has 0 radical (unpaired) electrons. The lowest BCUT2D eigenvalue weighted by Crippen LogP contribution is -2.20. The van der Waals surface area contributed by atoms with Crippen LogP contribution in [-0.4, -0.2) is 30.1 Å². The molecule has 17 heavy (non-hydrogen) atoms. The number of aromatic nitrogens is 2. The van der Waals surface area contributed by atoms with Gasteiger partial charge in [-0.3, -0.25) is 0 Å². The van der Waals surface area contributed by atoms with Gasteiger partial charge in [0, 0.05) is 26.2 Å². The average Bonchev–Trinajstić information content (AvgIpc) is 2.32. The van der Waals surface area contributed by atoms with Gasteiger partial charge in [-0.2, -0.15) is 0 Å². The Hall–Kier alpha value is -1.32. The van der Waals surface area contributed by atoms with E-state index in [0.29, 0.717) is 0 Å². The first-order valence-electron chi connectivity index (χ1n) is 6.48. The van der Waals surface area contributed by atoms with E-state index in [9.17, 15) is 0 Å². The molecule has 4 nitrogen and oxygen atoms in total. The first-order chi connectivity index (χ1) is 8.17. The summed E-state index contributed by atoms with van der Waals surface area (Å²) < 4.78 is 0. The third kappa shape index (κ3) is 4.59. The third-order valence-electron chi connectivity index (χ3n) is 2.62. The van der Waals surface area contributed by atoms with Crippen molar-refractivity contribution in [2.45, 2.75) is 40.0 Å². The van der Waals surface area contributed by atoms with Crippen molar-refractivity contribution in [2.75, 3.05) is 30.4 Å². The topological polar surface area (TPSA) is 41.0 Å². The van der Waals surface area contributed by atoms with Crippen molar-refractivity contribution >= 4 is 11.6 Å². The van der Waals surface area contributed by atoms with Crippen LogP contribution in [0, 0.1) is 6.92 Å². The number of anilines is 2. The SMILES string of the molecule is CCCCN(C)c1cc(NCCC)nc(C)n1. The number of unbranched alkanes of at least 4 members (excludes halogenated alkanes) is 1. The van der Waals surface area contributed by atoms with E-state index in [1.807, 2.05) is 13.0 Å². The summed E-state index contributed by atoms with van der Waals surface area (Å²) in [5.41, 5.74) is 0. The molecule has 0 aliphatic heterocycles. The lowest BCUT2D eigenvalue weighted by Gasteiger charge is -2.19. The number of hydrogen-bond donors (Lipinski definition) is 1. The molecule has 1 rings (SSSR count). The highest BCUT2D eigenvalue weighted by Gasteiger charge is 2.05. The molecule has 0 bridgehead atoms. The van der Waals surface area contributed by atoms with Crippen molar-refractivity contribution in [2.24, 2.45) is 0 Å². The van der Waals surface area contributed by atoms with Gasteiger partial charge in [0.05, 0.1) is 0 Å². The Labute approximate surface area is 104 Å². The number of aryl methyl sites for hydroxylation is 1. The molecule has 0 saturated heterocycles. The van der Waals surface area contributed by atoms with Gasteiger partial charge in [-0.25, -0.2) is 9.97 Å². The molecule has 0 unspecified atom stereocenters. The molecule has 0 fully saturated rings. The number of nitrogens with one attached hydrogen (secondary N) is 1. The van der Waals surface area contributed by atoms with E-state index in [0.717, 1.165) is 37.0 Å². The zero-order valence-corrected chi connectivity index (χ0v) is 11.5. The van der Waals surface area contributed by atoms with Crippen LogP contribution in [0.3, 0.4) is 0 Å². The molecule has 96 valence electrons. The minimum atomic E-state index is 0.824. The second kappa shape index (κ2) is 7.09. The fourth-order valence-electron chi connectivity index (χ4n) is 1.60. The van der Waals surface area contributed by atoms with Crippen molar-refractivity contribution in [3.63, 3.8) is 0 Å². The van der Waals surface area contributed by atoms with Crippen LogP contribution in [0.4, 0.5) is 11.6 Å². The minimum absolute atomic E-state index is 0.824. The summed E-state index contributed by atoms with van der Waals surface area (Å²) >= 11 is 0. The van der Waals surface area contributed by atoms with E-state index < -0.39 is 0 Å². The van der Waals surface area contributed by atoms with Crippen LogP contribution in [0.25, 0.3) is 0 Å². The molecule has 0 amide bonds. The van der Waals surface area contributed by atoms with Gasteiger partial charge >= 0.3 is 0 Å². The van der Waals surface area contributed by atoms with E-state index in [2.05, 4.69) is 41.1 Å². The molecule has 0 atom stereocenters. The predicted molar refractivity (Wildman–Crippen MR) is 73.7 cm³/mol. The van der Waals surface area contributed by atoms with Gasteiger partial charge < -0.3 is 10.2 Å². The predicted octanol–water partition coefficient (Wildman–Crippen LogP) is 2.84. The van der Waals surface area contributed by atoms with Gasteiger partial charge in [0.25, 0.3) is 0 Å². The Morgan fingerprint density at radius 1 is 1.24 bits per heavy atom. The lowest BCUT2D eigenvalue weighted by molar-refractivity contribution is 0.756. The van der Waals surface area contributed by atoms with Gasteiger partial charge in [0.2, 0.25) is 0 Å². The molecular formula is C13H24N4. The highest BCUT2D eigenvalue weighted by atomic mass is 15.2. The summed E-state index contributed by atoms with van der Waals surface area (Å²) in [7, 11) is 2.08. The van der Waals surface area contributed by atoms with Gasteiger partial charge in [-0.05, 0) is 19.8 Å². The van der Waals surface area contributed by atoms with Crippen molar-refractivity contribution in [1.82, 2.24) is 9.97 Å². The van der Waals surface area contributed by atoms with Gasteiger partial charge in [-0.15, -0.1) is 0 Å². The second-order valence-electron chi connectivity index (χ2n) is 4.36. The lowest BCUT2D eigenvalue weighted by atomic mass is 10.3. The molecule has 1 aromatic rings. The summed E-state index contributed by atoms with van der Waals surface area (Å²) in [6.45, 7) is 8.28. The first kappa shape index (κ1) is 13.7. The van der Waals surface area contributed by atoms with E-state index in [4.69, 9.17) is 0 Å². The van der Waals surface area contributed by atoms with Crippen LogP contribution in [0.5, 0.6) is 0 Å². The summed E-state index contributed by atoms with van der Waals surface area (Å²) in [5, 5.41) is 3.31. The zero-order valence-electron chi connectivity index (χ0n) is 11.5. The average molecular weight is 236 g/mol. The Kier molecular flexibility index (Phi) is 5.73.